The Kier molecular flexibility index (Phi) is 5.08. The summed E-state index contributed by atoms with van der Waals surface area (Å²) in [5.41, 5.74) is 3.05. The third-order valence-corrected chi connectivity index (χ3v) is 6.44. The fraction of sp³-hybridized carbons (Fsp3) is 0.400. The summed E-state index contributed by atoms with van der Waals surface area (Å²) in [7, 11) is 0. The lowest BCUT2D eigenvalue weighted by Gasteiger charge is -2.30. The average molecular weight is 420 g/mol. The number of hydrogen-bond donors (Lipinski definition) is 0. The summed E-state index contributed by atoms with van der Waals surface area (Å²) in [6, 6.07) is 8.49. The van der Waals surface area contributed by atoms with Crippen molar-refractivity contribution in [2.45, 2.75) is 58.4 Å². The van der Waals surface area contributed by atoms with Gasteiger partial charge in [0.1, 0.15) is 11.6 Å². The van der Waals surface area contributed by atoms with Crippen molar-refractivity contribution in [1.82, 2.24) is 9.55 Å². The fourth-order valence-corrected chi connectivity index (χ4v) is 4.93. The Morgan fingerprint density at radius 1 is 1.00 bits per heavy atom. The first-order valence-corrected chi connectivity index (χ1v) is 11.2. The van der Waals surface area contributed by atoms with Crippen LogP contribution in [0.5, 0.6) is 0 Å². The number of carbonyl (C=O) groups is 1. The molecule has 0 fully saturated rings. The van der Waals surface area contributed by atoms with E-state index in [1.165, 1.54) is 11.0 Å². The number of rotatable bonds is 1. The predicted octanol–water partition coefficient (Wildman–Crippen LogP) is 4.55. The van der Waals surface area contributed by atoms with Gasteiger partial charge in [-0.15, -0.1) is 0 Å². The minimum absolute atomic E-state index is 0.0364. The van der Waals surface area contributed by atoms with Gasteiger partial charge < -0.3 is 4.90 Å². The van der Waals surface area contributed by atoms with Crippen molar-refractivity contribution >= 4 is 22.5 Å². The van der Waals surface area contributed by atoms with Crippen LogP contribution in [0.15, 0.2) is 35.1 Å². The first kappa shape index (κ1) is 19.9. The van der Waals surface area contributed by atoms with E-state index >= 15 is 0 Å². The third-order valence-electron chi connectivity index (χ3n) is 6.44. The van der Waals surface area contributed by atoms with Gasteiger partial charge >= 0.3 is 0 Å². The molecule has 3 aromatic rings. The molecule has 0 aliphatic carbocycles. The van der Waals surface area contributed by atoms with Crippen molar-refractivity contribution in [1.29, 1.82) is 0 Å². The van der Waals surface area contributed by atoms with Crippen LogP contribution in [-0.4, -0.2) is 22.0 Å². The van der Waals surface area contributed by atoms with Gasteiger partial charge in [-0.05, 0) is 68.0 Å². The second-order valence-electron chi connectivity index (χ2n) is 8.70. The molecule has 5 nitrogen and oxygen atoms in total. The number of aromatic nitrogens is 2. The van der Waals surface area contributed by atoms with E-state index in [9.17, 15) is 14.0 Å². The first-order chi connectivity index (χ1) is 15.0. The van der Waals surface area contributed by atoms with Gasteiger partial charge in [0.05, 0.1) is 16.6 Å². The second-order valence-corrected chi connectivity index (χ2v) is 8.70. The summed E-state index contributed by atoms with van der Waals surface area (Å²) < 4.78 is 16.6. The lowest BCUT2D eigenvalue weighted by atomic mass is 9.98. The molecule has 0 unspecified atom stereocenters. The van der Waals surface area contributed by atoms with Gasteiger partial charge in [0, 0.05) is 25.1 Å². The maximum atomic E-state index is 14.8. The van der Waals surface area contributed by atoms with E-state index in [1.54, 1.807) is 22.8 Å². The number of benzene rings is 2. The minimum Gasteiger partial charge on any atom is -0.305 e. The van der Waals surface area contributed by atoms with Gasteiger partial charge in [0.2, 0.25) is 0 Å². The zero-order valence-electron chi connectivity index (χ0n) is 17.8. The SMILES string of the molecule is Cc1cc(F)c2c(c1)CCCN2C(=O)c1ccc2c(=O)n3c(nc2c1)CCCCCC3. The summed E-state index contributed by atoms with van der Waals surface area (Å²) in [6.07, 6.45) is 6.60. The van der Waals surface area contributed by atoms with E-state index in [1.807, 2.05) is 13.0 Å². The molecule has 31 heavy (non-hydrogen) atoms. The van der Waals surface area contributed by atoms with E-state index in [0.717, 1.165) is 61.9 Å². The van der Waals surface area contributed by atoms with Gasteiger partial charge in [-0.2, -0.15) is 0 Å². The Balaban J connectivity index is 1.57. The topological polar surface area (TPSA) is 55.2 Å². The van der Waals surface area contributed by atoms with Crippen molar-refractivity contribution in [3.63, 3.8) is 0 Å². The van der Waals surface area contributed by atoms with E-state index in [4.69, 9.17) is 4.98 Å². The zero-order chi connectivity index (χ0) is 21.5. The molecule has 2 aliphatic heterocycles. The highest BCUT2D eigenvalue weighted by molar-refractivity contribution is 6.08. The number of fused-ring (bicyclic) bond motifs is 3. The van der Waals surface area contributed by atoms with Crippen molar-refractivity contribution in [3.05, 3.63) is 69.0 Å². The monoisotopic (exact) mass is 419 g/mol. The average Bonchev–Trinajstić information content (AvgIpc) is 2.73. The Labute approximate surface area is 180 Å². The van der Waals surface area contributed by atoms with Crippen LogP contribution in [0.2, 0.25) is 0 Å². The fourth-order valence-electron chi connectivity index (χ4n) is 4.93. The molecule has 3 heterocycles. The highest BCUT2D eigenvalue weighted by Crippen LogP contribution is 2.32. The molecule has 0 atom stereocenters. The molecule has 0 N–H and O–H groups in total. The summed E-state index contributed by atoms with van der Waals surface area (Å²) >= 11 is 0. The number of nitrogens with zero attached hydrogens (tertiary/aromatic N) is 3. The highest BCUT2D eigenvalue weighted by atomic mass is 19.1. The number of aryl methyl sites for hydroxylation is 3. The molecule has 1 aromatic heterocycles. The van der Waals surface area contributed by atoms with Crippen molar-refractivity contribution in [2.75, 3.05) is 11.4 Å². The summed E-state index contributed by atoms with van der Waals surface area (Å²) in [4.78, 5) is 32.7. The molecule has 0 bridgehead atoms. The Morgan fingerprint density at radius 2 is 1.84 bits per heavy atom. The lowest BCUT2D eigenvalue weighted by Crippen LogP contribution is -2.36. The van der Waals surface area contributed by atoms with Gasteiger partial charge in [0.25, 0.3) is 11.5 Å². The quantitative estimate of drug-likeness (QED) is 0.581. The first-order valence-electron chi connectivity index (χ1n) is 11.2. The number of amides is 1. The van der Waals surface area contributed by atoms with Gasteiger partial charge in [0.15, 0.2) is 0 Å². The number of carbonyl (C=O) groups excluding carboxylic acids is 1. The van der Waals surface area contributed by atoms with Crippen molar-refractivity contribution in [3.8, 4) is 0 Å². The lowest BCUT2D eigenvalue weighted by molar-refractivity contribution is 0.0984. The summed E-state index contributed by atoms with van der Waals surface area (Å²) in [6.45, 7) is 3.04. The van der Waals surface area contributed by atoms with Crippen molar-refractivity contribution in [2.24, 2.45) is 0 Å². The van der Waals surface area contributed by atoms with E-state index in [0.29, 0.717) is 35.2 Å². The Morgan fingerprint density at radius 3 is 2.71 bits per heavy atom. The zero-order valence-corrected chi connectivity index (χ0v) is 17.8. The molecular formula is C25H26FN3O2. The van der Waals surface area contributed by atoms with E-state index < -0.39 is 0 Å². The van der Waals surface area contributed by atoms with E-state index in [-0.39, 0.29) is 17.3 Å². The summed E-state index contributed by atoms with van der Waals surface area (Å²) in [5.74, 6) is 0.187. The van der Waals surface area contributed by atoms with Crippen LogP contribution >= 0.6 is 0 Å². The van der Waals surface area contributed by atoms with Crippen molar-refractivity contribution < 1.29 is 9.18 Å². The molecule has 2 aromatic carbocycles. The number of anilines is 1. The summed E-state index contributed by atoms with van der Waals surface area (Å²) in [5, 5.41) is 0.529. The smallest absolute Gasteiger partial charge is 0.261 e. The van der Waals surface area contributed by atoms with Crippen LogP contribution in [0.4, 0.5) is 10.1 Å². The molecule has 1 amide bonds. The molecule has 0 saturated heterocycles. The number of halogens is 1. The van der Waals surface area contributed by atoms with Crippen LogP contribution < -0.4 is 10.5 Å². The van der Waals surface area contributed by atoms with Crippen LogP contribution in [0.1, 0.15) is 59.4 Å². The molecule has 5 rings (SSSR count). The molecular weight excluding hydrogens is 393 g/mol. The molecule has 6 heteroatoms. The highest BCUT2D eigenvalue weighted by Gasteiger charge is 2.27. The van der Waals surface area contributed by atoms with Gasteiger partial charge in [-0.25, -0.2) is 9.37 Å². The molecule has 0 spiro atoms. The van der Waals surface area contributed by atoms with Crippen LogP contribution in [0.25, 0.3) is 10.9 Å². The maximum Gasteiger partial charge on any atom is 0.261 e. The van der Waals surface area contributed by atoms with Gasteiger partial charge in [-0.1, -0.05) is 18.9 Å². The Bertz CT molecular complexity index is 1250. The van der Waals surface area contributed by atoms with E-state index in [2.05, 4.69) is 0 Å². The molecule has 160 valence electrons. The predicted molar refractivity (Wildman–Crippen MR) is 119 cm³/mol. The molecule has 0 saturated carbocycles. The van der Waals surface area contributed by atoms with Crippen LogP contribution in [0, 0.1) is 12.7 Å². The molecule has 2 aliphatic rings. The largest absolute Gasteiger partial charge is 0.305 e. The minimum atomic E-state index is -0.360. The van der Waals surface area contributed by atoms with Crippen LogP contribution in [0.3, 0.4) is 0 Å². The maximum absolute atomic E-state index is 14.8. The normalized spacial score (nSPS) is 16.4. The van der Waals surface area contributed by atoms with Crippen LogP contribution in [-0.2, 0) is 19.4 Å². The number of hydrogen-bond acceptors (Lipinski definition) is 3. The third kappa shape index (κ3) is 3.54. The standard InChI is InChI=1S/C25H26FN3O2/c1-16-13-17-7-6-12-29(23(17)20(26)14-16)24(30)18-9-10-19-21(15-18)27-22-8-4-2-3-5-11-28(22)25(19)31/h9-10,13-15H,2-8,11-12H2,1H3. The van der Waals surface area contributed by atoms with Gasteiger partial charge in [-0.3, -0.25) is 14.2 Å². The molecule has 0 radical (unpaired) electrons. The Hall–Kier alpha value is -3.02. The second kappa shape index (κ2) is 7.91.